The van der Waals surface area contributed by atoms with Crippen molar-refractivity contribution < 1.29 is 19.1 Å². The van der Waals surface area contributed by atoms with Gasteiger partial charge in [-0.15, -0.1) is 0 Å². The fourth-order valence-corrected chi connectivity index (χ4v) is 6.61. The molecule has 5 aromatic rings. The van der Waals surface area contributed by atoms with E-state index in [4.69, 9.17) is 4.74 Å². The number of hydrogen-bond donors (Lipinski definition) is 3. The number of ether oxygens (including phenoxy) is 1. The highest BCUT2D eigenvalue weighted by molar-refractivity contribution is 5.91. The summed E-state index contributed by atoms with van der Waals surface area (Å²) in [6.45, 7) is 12.5. The van der Waals surface area contributed by atoms with Crippen LogP contribution < -0.4 is 10.6 Å². The monoisotopic (exact) mass is 713 g/mol. The molecule has 278 valence electrons. The smallest absolute Gasteiger partial charge is 0.307 e. The molecule has 1 heterocycles. The molecule has 3 N–H and O–H groups in total. The zero-order valence-electron chi connectivity index (χ0n) is 32.1. The minimum atomic E-state index is -0.830. The second kappa shape index (κ2) is 17.6. The van der Waals surface area contributed by atoms with E-state index in [-0.39, 0.29) is 23.7 Å². The summed E-state index contributed by atoms with van der Waals surface area (Å²) >= 11 is 0. The van der Waals surface area contributed by atoms with Crippen LogP contribution in [0.25, 0.3) is 22.0 Å². The molecule has 7 heteroatoms. The molecule has 0 aliphatic carbocycles. The van der Waals surface area contributed by atoms with Crippen molar-refractivity contribution in [3.8, 4) is 11.1 Å². The lowest BCUT2D eigenvalue weighted by Crippen LogP contribution is -2.50. The van der Waals surface area contributed by atoms with Crippen molar-refractivity contribution >= 4 is 28.7 Å². The Morgan fingerprint density at radius 1 is 0.717 bits per heavy atom. The van der Waals surface area contributed by atoms with Crippen molar-refractivity contribution in [1.82, 2.24) is 15.6 Å². The average Bonchev–Trinajstić information content (AvgIpc) is 3.53. The van der Waals surface area contributed by atoms with Gasteiger partial charge in [0, 0.05) is 36.0 Å². The van der Waals surface area contributed by atoms with Gasteiger partial charge in [0.05, 0.1) is 6.42 Å². The molecule has 2 unspecified atom stereocenters. The van der Waals surface area contributed by atoms with Crippen molar-refractivity contribution in [2.24, 2.45) is 5.92 Å². The molecule has 0 spiro atoms. The van der Waals surface area contributed by atoms with Gasteiger partial charge in [0.1, 0.15) is 11.6 Å². The van der Waals surface area contributed by atoms with Gasteiger partial charge in [0.2, 0.25) is 11.8 Å². The van der Waals surface area contributed by atoms with E-state index in [2.05, 4.69) is 84.9 Å². The van der Waals surface area contributed by atoms with Crippen LogP contribution in [0.4, 0.5) is 0 Å². The van der Waals surface area contributed by atoms with Gasteiger partial charge in [-0.1, -0.05) is 118 Å². The Kier molecular flexibility index (Phi) is 12.9. The molecule has 0 bridgehead atoms. The van der Waals surface area contributed by atoms with Gasteiger partial charge in [0.15, 0.2) is 0 Å². The van der Waals surface area contributed by atoms with Crippen LogP contribution in [0.3, 0.4) is 0 Å². The number of carbonyl (C=O) groups excluding carboxylic acids is 3. The minimum absolute atomic E-state index is 0.0674. The fraction of sp³-hybridized carbons (Fsp3) is 0.370. The zero-order valence-corrected chi connectivity index (χ0v) is 32.1. The van der Waals surface area contributed by atoms with Gasteiger partial charge >= 0.3 is 5.97 Å². The minimum Gasteiger partial charge on any atom is -0.460 e. The van der Waals surface area contributed by atoms with Crippen LogP contribution in [-0.2, 0) is 43.8 Å². The van der Waals surface area contributed by atoms with E-state index in [1.165, 1.54) is 11.1 Å². The molecule has 2 atom stereocenters. The van der Waals surface area contributed by atoms with E-state index in [1.54, 1.807) is 0 Å². The third-order valence-corrected chi connectivity index (χ3v) is 9.55. The molecule has 5 rings (SSSR count). The SMILES string of the molecule is CC(C)(C)OC(=O)CC(CCCc1ccc(-c2ccc(C(C)(C)C)cc2)cc1)C(=O)NC(Cc1c[nH]c2ccccc12)C(=O)NCCc1ccccc1. The average molecular weight is 714 g/mol. The van der Waals surface area contributed by atoms with Crippen LogP contribution in [-0.4, -0.2) is 41.0 Å². The van der Waals surface area contributed by atoms with Crippen molar-refractivity contribution in [1.29, 1.82) is 0 Å². The molecular formula is C46H55N3O4. The number of para-hydroxylation sites is 1. The lowest BCUT2D eigenvalue weighted by atomic mass is 9.86. The van der Waals surface area contributed by atoms with Crippen molar-refractivity contribution in [2.45, 2.75) is 97.1 Å². The summed E-state index contributed by atoms with van der Waals surface area (Å²) in [6.07, 6.45) is 4.71. The molecule has 53 heavy (non-hydrogen) atoms. The van der Waals surface area contributed by atoms with Crippen molar-refractivity contribution in [3.63, 3.8) is 0 Å². The number of carbonyl (C=O) groups is 3. The largest absolute Gasteiger partial charge is 0.460 e. The first kappa shape index (κ1) is 39.0. The number of fused-ring (bicyclic) bond motifs is 1. The Balaban J connectivity index is 1.27. The first-order chi connectivity index (χ1) is 25.2. The molecule has 0 saturated heterocycles. The summed E-state index contributed by atoms with van der Waals surface area (Å²) in [7, 11) is 0. The van der Waals surface area contributed by atoms with Gasteiger partial charge in [-0.2, -0.15) is 0 Å². The maximum absolute atomic E-state index is 14.1. The second-order valence-electron chi connectivity index (χ2n) is 16.1. The van der Waals surface area contributed by atoms with Crippen LogP contribution in [0.1, 0.15) is 83.1 Å². The Morgan fingerprint density at radius 2 is 1.34 bits per heavy atom. The number of benzene rings is 4. The van der Waals surface area contributed by atoms with Gasteiger partial charge in [-0.3, -0.25) is 14.4 Å². The van der Waals surface area contributed by atoms with Crippen LogP contribution in [0.15, 0.2) is 109 Å². The summed E-state index contributed by atoms with van der Waals surface area (Å²) < 4.78 is 5.64. The second-order valence-corrected chi connectivity index (χ2v) is 16.1. The summed E-state index contributed by atoms with van der Waals surface area (Å²) in [5, 5.41) is 7.10. The van der Waals surface area contributed by atoms with Crippen molar-refractivity contribution in [3.05, 3.63) is 132 Å². The number of aromatic nitrogens is 1. The van der Waals surface area contributed by atoms with E-state index < -0.39 is 23.5 Å². The number of aryl methyl sites for hydroxylation is 1. The molecule has 0 fully saturated rings. The number of aromatic amines is 1. The maximum atomic E-state index is 14.1. The number of H-pyrrole nitrogens is 1. The highest BCUT2D eigenvalue weighted by atomic mass is 16.6. The lowest BCUT2D eigenvalue weighted by molar-refractivity contribution is -0.157. The Hall–Kier alpha value is -5.17. The van der Waals surface area contributed by atoms with Crippen molar-refractivity contribution in [2.75, 3.05) is 6.54 Å². The number of amides is 2. The van der Waals surface area contributed by atoms with E-state index >= 15 is 0 Å². The topological polar surface area (TPSA) is 100 Å². The Morgan fingerprint density at radius 3 is 2.00 bits per heavy atom. The molecular weight excluding hydrogens is 659 g/mol. The molecule has 7 nitrogen and oxygen atoms in total. The van der Waals surface area contributed by atoms with Crippen LogP contribution in [0.2, 0.25) is 0 Å². The molecule has 0 saturated carbocycles. The predicted molar refractivity (Wildman–Crippen MR) is 215 cm³/mol. The summed E-state index contributed by atoms with van der Waals surface area (Å²) in [6, 6.07) is 34.3. The fourth-order valence-electron chi connectivity index (χ4n) is 6.61. The normalized spacial score (nSPS) is 12.9. The number of rotatable bonds is 15. The summed E-state index contributed by atoms with van der Waals surface area (Å²) in [4.78, 5) is 44.1. The lowest BCUT2D eigenvalue weighted by Gasteiger charge is -2.24. The Labute approximate surface area is 314 Å². The predicted octanol–water partition coefficient (Wildman–Crippen LogP) is 8.89. The van der Waals surface area contributed by atoms with Gasteiger partial charge < -0.3 is 20.4 Å². The Bertz CT molecular complexity index is 1950. The standard InChI is InChI=1S/C46H55N3O4/c1-45(2,3)38-25-23-35(24-26-38)34-21-19-33(20-22-34)15-12-16-36(30-42(50)53-46(4,5)6)43(51)49-41(29-37-31-48-40-18-11-10-17-39(37)40)44(52)47-28-27-32-13-8-7-9-14-32/h7-11,13-14,17-26,31,36,41,48H,12,15-16,27-30H2,1-6H3,(H,47,52)(H,49,51). The van der Waals surface area contributed by atoms with Gasteiger partial charge in [-0.05, 0) is 91.3 Å². The third kappa shape index (κ3) is 11.7. The van der Waals surface area contributed by atoms with E-state index in [0.717, 1.165) is 39.6 Å². The first-order valence-electron chi connectivity index (χ1n) is 18.8. The quantitative estimate of drug-likeness (QED) is 0.0944. The number of nitrogens with one attached hydrogen (secondary N) is 3. The molecule has 0 aliphatic heterocycles. The van der Waals surface area contributed by atoms with E-state index in [0.29, 0.717) is 32.2 Å². The first-order valence-corrected chi connectivity index (χ1v) is 18.8. The van der Waals surface area contributed by atoms with Gasteiger partial charge in [0.25, 0.3) is 0 Å². The third-order valence-electron chi connectivity index (χ3n) is 9.55. The molecule has 0 aliphatic rings. The van der Waals surface area contributed by atoms with Crippen LogP contribution >= 0.6 is 0 Å². The summed E-state index contributed by atoms with van der Waals surface area (Å²) in [5.74, 6) is -1.68. The molecule has 0 radical (unpaired) electrons. The zero-order chi connectivity index (χ0) is 38.0. The number of hydrogen-bond acceptors (Lipinski definition) is 4. The van der Waals surface area contributed by atoms with Gasteiger partial charge in [-0.25, -0.2) is 0 Å². The maximum Gasteiger partial charge on any atom is 0.307 e. The van der Waals surface area contributed by atoms with Crippen LogP contribution in [0.5, 0.6) is 0 Å². The summed E-state index contributed by atoms with van der Waals surface area (Å²) in [5.41, 5.74) is 7.23. The van der Waals surface area contributed by atoms with E-state index in [9.17, 15) is 14.4 Å². The van der Waals surface area contributed by atoms with Crippen LogP contribution in [0, 0.1) is 5.92 Å². The number of esters is 1. The molecule has 2 amide bonds. The van der Waals surface area contributed by atoms with E-state index in [1.807, 2.05) is 81.6 Å². The molecule has 1 aromatic heterocycles. The highest BCUT2D eigenvalue weighted by Crippen LogP contribution is 2.27. The molecule has 4 aromatic carbocycles. The highest BCUT2D eigenvalue weighted by Gasteiger charge is 2.29.